The van der Waals surface area contributed by atoms with E-state index in [9.17, 15) is 4.79 Å². The molecule has 0 bridgehead atoms. The number of rotatable bonds is 2. The van der Waals surface area contributed by atoms with E-state index in [2.05, 4.69) is 26.0 Å². The maximum Gasteiger partial charge on any atom is 0.344 e. The summed E-state index contributed by atoms with van der Waals surface area (Å²) in [6.07, 6.45) is 1.59. The van der Waals surface area contributed by atoms with Gasteiger partial charge in [0.15, 0.2) is 17.2 Å². The normalized spacial score (nSPS) is 14.7. The van der Waals surface area contributed by atoms with Crippen molar-refractivity contribution < 1.29 is 9.15 Å². The van der Waals surface area contributed by atoms with Gasteiger partial charge in [-0.05, 0) is 46.7 Å². The van der Waals surface area contributed by atoms with Crippen LogP contribution in [0.2, 0.25) is 0 Å². The van der Waals surface area contributed by atoms with Crippen molar-refractivity contribution in [3.8, 4) is 23.0 Å². The van der Waals surface area contributed by atoms with Gasteiger partial charge in [-0.3, -0.25) is 0 Å². The molecule has 1 aliphatic heterocycles. The Morgan fingerprint density at radius 1 is 1.03 bits per heavy atom. The van der Waals surface area contributed by atoms with E-state index in [1.807, 2.05) is 59.3 Å². The summed E-state index contributed by atoms with van der Waals surface area (Å²) in [6.45, 7) is 0. The van der Waals surface area contributed by atoms with Crippen molar-refractivity contribution in [2.75, 3.05) is 0 Å². The summed E-state index contributed by atoms with van der Waals surface area (Å²) in [7, 11) is 0. The topological polar surface area (TPSA) is 82.5 Å². The van der Waals surface area contributed by atoms with Crippen LogP contribution in [0.1, 0.15) is 22.6 Å². The lowest BCUT2D eigenvalue weighted by Gasteiger charge is -2.26. The van der Waals surface area contributed by atoms with Gasteiger partial charge in [0.2, 0.25) is 5.88 Å². The largest absolute Gasteiger partial charge is 0.437 e. The van der Waals surface area contributed by atoms with E-state index in [-0.39, 0.29) is 0 Å². The average molecular weight is 529 g/mol. The number of halogens is 1. The van der Waals surface area contributed by atoms with Crippen LogP contribution < -0.4 is 10.4 Å². The van der Waals surface area contributed by atoms with Gasteiger partial charge in [-0.25, -0.2) is 19.3 Å². The molecule has 1 aliphatic rings. The molecular formula is C25H13BrN4O3S. The summed E-state index contributed by atoms with van der Waals surface area (Å²) < 4.78 is 14.6. The molecule has 4 aromatic heterocycles. The maximum absolute atomic E-state index is 13.3. The molecule has 0 spiro atoms. The first-order valence-electron chi connectivity index (χ1n) is 10.4. The zero-order valence-electron chi connectivity index (χ0n) is 17.3. The third-order valence-electron chi connectivity index (χ3n) is 5.94. The predicted molar refractivity (Wildman–Crippen MR) is 132 cm³/mol. The second kappa shape index (κ2) is 7.34. The first-order valence-corrected chi connectivity index (χ1v) is 12.2. The molecule has 0 fully saturated rings. The van der Waals surface area contributed by atoms with Gasteiger partial charge in [0.1, 0.15) is 11.9 Å². The van der Waals surface area contributed by atoms with E-state index in [0.29, 0.717) is 39.8 Å². The van der Waals surface area contributed by atoms with Crippen LogP contribution in [0.25, 0.3) is 28.0 Å². The number of hydrogen-bond donors (Lipinski definition) is 0. The smallest absolute Gasteiger partial charge is 0.344 e. The fourth-order valence-electron chi connectivity index (χ4n) is 4.42. The fourth-order valence-corrected chi connectivity index (χ4v) is 5.37. The quantitative estimate of drug-likeness (QED) is 0.255. The fraction of sp³-hybridized carbons (Fsp3) is 0.0400. The molecule has 0 saturated carbocycles. The third-order valence-corrected chi connectivity index (χ3v) is 7.17. The summed E-state index contributed by atoms with van der Waals surface area (Å²) in [5, 5.41) is 9.37. The summed E-state index contributed by atoms with van der Waals surface area (Å²) in [6, 6.07) is 17.1. The van der Waals surface area contributed by atoms with Crippen molar-refractivity contribution in [2.24, 2.45) is 0 Å². The van der Waals surface area contributed by atoms with Crippen LogP contribution in [0.15, 0.2) is 85.4 Å². The Morgan fingerprint density at radius 3 is 2.71 bits per heavy atom. The molecule has 7 rings (SSSR count). The molecule has 164 valence electrons. The summed E-state index contributed by atoms with van der Waals surface area (Å²) in [5.74, 6) is 0.980. The van der Waals surface area contributed by atoms with Crippen molar-refractivity contribution in [3.05, 3.63) is 103 Å². The standard InChI is InChI=1S/C25H13BrN4O3S/c26-15-7-5-13(6-8-15)22-28-23-20-18(14-9-10-34-11-14)19-21(33-24(20)27-12-30(23)29-22)16-3-1-2-4-17(16)32-25(19)31/h1-12,18H. The van der Waals surface area contributed by atoms with Crippen molar-refractivity contribution >= 4 is 43.9 Å². The lowest BCUT2D eigenvalue weighted by molar-refractivity contribution is 0.422. The molecule has 0 amide bonds. The van der Waals surface area contributed by atoms with Gasteiger partial charge in [-0.1, -0.05) is 40.2 Å². The molecule has 0 saturated heterocycles. The second-order valence-electron chi connectivity index (χ2n) is 7.89. The zero-order chi connectivity index (χ0) is 22.8. The minimum absolute atomic E-state index is 0.404. The summed E-state index contributed by atoms with van der Waals surface area (Å²) >= 11 is 5.02. The van der Waals surface area contributed by atoms with E-state index < -0.39 is 11.5 Å². The first-order chi connectivity index (χ1) is 16.7. The van der Waals surface area contributed by atoms with Gasteiger partial charge < -0.3 is 9.15 Å². The number of nitrogens with zero attached hydrogens (tertiary/aromatic N) is 4. The average Bonchev–Trinajstić information content (AvgIpc) is 3.54. The summed E-state index contributed by atoms with van der Waals surface area (Å²) in [4.78, 5) is 22.7. The number of ether oxygens (including phenoxy) is 1. The zero-order valence-corrected chi connectivity index (χ0v) is 19.7. The van der Waals surface area contributed by atoms with Gasteiger partial charge in [0.25, 0.3) is 0 Å². The van der Waals surface area contributed by atoms with E-state index in [0.717, 1.165) is 21.0 Å². The molecule has 6 aromatic rings. The Kier molecular flexibility index (Phi) is 4.24. The van der Waals surface area contributed by atoms with Gasteiger partial charge >= 0.3 is 5.63 Å². The number of aromatic nitrogens is 4. The Balaban J connectivity index is 1.53. The Bertz CT molecular complexity index is 1770. The molecule has 1 unspecified atom stereocenters. The highest BCUT2D eigenvalue weighted by Crippen LogP contribution is 2.49. The second-order valence-corrected chi connectivity index (χ2v) is 9.59. The predicted octanol–water partition coefficient (Wildman–Crippen LogP) is 6.01. The van der Waals surface area contributed by atoms with E-state index in [1.165, 1.54) is 0 Å². The molecule has 9 heteroatoms. The minimum Gasteiger partial charge on any atom is -0.437 e. The lowest BCUT2D eigenvalue weighted by atomic mass is 9.85. The van der Waals surface area contributed by atoms with Crippen LogP contribution in [0.5, 0.6) is 11.6 Å². The number of hydrogen-bond acceptors (Lipinski definition) is 7. The van der Waals surface area contributed by atoms with Gasteiger partial charge in [-0.2, -0.15) is 11.3 Å². The Labute approximate surface area is 204 Å². The molecule has 0 aliphatic carbocycles. The highest BCUT2D eigenvalue weighted by atomic mass is 79.9. The minimum atomic E-state index is -0.455. The molecular weight excluding hydrogens is 516 g/mol. The molecule has 2 aromatic carbocycles. The van der Waals surface area contributed by atoms with Crippen molar-refractivity contribution in [3.63, 3.8) is 0 Å². The van der Waals surface area contributed by atoms with E-state index >= 15 is 0 Å². The Morgan fingerprint density at radius 2 is 1.88 bits per heavy atom. The van der Waals surface area contributed by atoms with Gasteiger partial charge in [0, 0.05) is 10.0 Å². The van der Waals surface area contributed by atoms with Crippen LogP contribution in [0, 0.1) is 0 Å². The lowest BCUT2D eigenvalue weighted by Crippen LogP contribution is -2.22. The van der Waals surface area contributed by atoms with Crippen LogP contribution in [0.4, 0.5) is 0 Å². The molecule has 34 heavy (non-hydrogen) atoms. The molecule has 7 nitrogen and oxygen atoms in total. The van der Waals surface area contributed by atoms with Crippen LogP contribution in [0.3, 0.4) is 0 Å². The molecule has 0 radical (unpaired) electrons. The summed E-state index contributed by atoms with van der Waals surface area (Å²) in [5.41, 5.74) is 3.55. The van der Waals surface area contributed by atoms with Gasteiger partial charge in [-0.15, -0.1) is 5.10 Å². The van der Waals surface area contributed by atoms with Crippen molar-refractivity contribution in [2.45, 2.75) is 5.92 Å². The highest BCUT2D eigenvalue weighted by Gasteiger charge is 2.37. The first kappa shape index (κ1) is 19.6. The van der Waals surface area contributed by atoms with Crippen LogP contribution in [-0.2, 0) is 0 Å². The van der Waals surface area contributed by atoms with Crippen LogP contribution >= 0.6 is 27.3 Å². The van der Waals surface area contributed by atoms with E-state index in [1.54, 1.807) is 28.2 Å². The number of benzene rings is 2. The number of fused-ring (bicyclic) bond motifs is 6. The van der Waals surface area contributed by atoms with E-state index in [4.69, 9.17) is 14.1 Å². The maximum atomic E-state index is 13.3. The number of para-hydroxylation sites is 1. The molecule has 0 N–H and O–H groups in total. The Hall–Kier alpha value is -3.82. The van der Waals surface area contributed by atoms with Gasteiger partial charge in [0.05, 0.1) is 22.4 Å². The highest BCUT2D eigenvalue weighted by molar-refractivity contribution is 9.10. The number of thiophene rings is 1. The SMILES string of the molecule is O=c1oc2ccccc2c2c1C(c1ccsc1)c1c(ncn3nc(-c4ccc(Br)cc4)nc13)O2. The monoisotopic (exact) mass is 528 g/mol. The van der Waals surface area contributed by atoms with Crippen LogP contribution in [-0.4, -0.2) is 19.6 Å². The molecule has 1 atom stereocenters. The van der Waals surface area contributed by atoms with Crippen molar-refractivity contribution in [1.29, 1.82) is 0 Å². The third kappa shape index (κ3) is 2.87. The molecule has 5 heterocycles. The van der Waals surface area contributed by atoms with Crippen molar-refractivity contribution in [1.82, 2.24) is 19.6 Å².